The molecule has 2 nitrogen and oxygen atoms in total. The first-order valence-corrected chi connectivity index (χ1v) is 4.88. The number of benzene rings is 1. The van der Waals surface area contributed by atoms with Crippen molar-refractivity contribution < 1.29 is 9.90 Å². The van der Waals surface area contributed by atoms with Crippen molar-refractivity contribution >= 4 is 40.8 Å². The number of halogens is 3. The molecule has 0 aliphatic carbocycles. The summed E-state index contributed by atoms with van der Waals surface area (Å²) in [4.78, 5) is 10.9. The predicted molar refractivity (Wildman–Crippen MR) is 57.9 cm³/mol. The topological polar surface area (TPSA) is 37.3 Å². The lowest BCUT2D eigenvalue weighted by molar-refractivity contribution is 0.0695. The van der Waals surface area contributed by atoms with E-state index in [1.165, 1.54) is 0 Å². The van der Waals surface area contributed by atoms with E-state index >= 15 is 0 Å². The molecule has 0 saturated carbocycles. The average Bonchev–Trinajstić information content (AvgIpc) is 2.11. The number of hydrogen-bond acceptors (Lipinski definition) is 1. The second-order valence-corrected chi connectivity index (χ2v) is 4.01. The van der Waals surface area contributed by atoms with Crippen LogP contribution in [0, 0.1) is 13.8 Å². The van der Waals surface area contributed by atoms with Crippen LogP contribution in [0.3, 0.4) is 0 Å². The molecule has 0 unspecified atom stereocenters. The van der Waals surface area contributed by atoms with E-state index in [0.717, 1.165) is 0 Å². The summed E-state index contributed by atoms with van der Waals surface area (Å²) in [6.07, 6.45) is 0. The van der Waals surface area contributed by atoms with E-state index in [1.54, 1.807) is 13.8 Å². The van der Waals surface area contributed by atoms with Gasteiger partial charge in [0, 0.05) is 0 Å². The lowest BCUT2D eigenvalue weighted by Crippen LogP contribution is -2.04. The first-order chi connectivity index (χ1) is 6.37. The summed E-state index contributed by atoms with van der Waals surface area (Å²) in [5.74, 6) is -1.06. The van der Waals surface area contributed by atoms with Gasteiger partial charge in [-0.25, -0.2) is 4.79 Å². The highest BCUT2D eigenvalue weighted by Gasteiger charge is 2.20. The lowest BCUT2D eigenvalue weighted by Gasteiger charge is -2.11. The smallest absolute Gasteiger partial charge is 0.336 e. The summed E-state index contributed by atoms with van der Waals surface area (Å²) in [5, 5.41) is 9.52. The van der Waals surface area contributed by atoms with Crippen LogP contribution in [-0.2, 0) is 0 Å². The van der Waals surface area contributed by atoms with Crippen molar-refractivity contribution in [2.45, 2.75) is 13.8 Å². The van der Waals surface area contributed by atoms with Crippen LogP contribution in [0.15, 0.2) is 0 Å². The molecule has 0 bridgehead atoms. The molecule has 1 aromatic carbocycles. The van der Waals surface area contributed by atoms with Gasteiger partial charge in [-0.1, -0.05) is 34.8 Å². The zero-order chi connectivity index (χ0) is 11.0. The molecule has 1 N–H and O–H groups in total. The molecule has 76 valence electrons. The standard InChI is InChI=1S/C9H7Cl3O2/c1-3-5(9(13)14)4(2)7(11)8(12)6(3)10/h1-2H3,(H,13,14). The zero-order valence-electron chi connectivity index (χ0n) is 7.49. The van der Waals surface area contributed by atoms with E-state index < -0.39 is 5.97 Å². The third-order valence-electron chi connectivity index (χ3n) is 2.01. The molecule has 1 rings (SSSR count). The Bertz CT molecular complexity index is 384. The summed E-state index contributed by atoms with van der Waals surface area (Å²) >= 11 is 17.5. The van der Waals surface area contributed by atoms with Gasteiger partial charge in [0.25, 0.3) is 0 Å². The van der Waals surface area contributed by atoms with Crippen LogP contribution in [-0.4, -0.2) is 11.1 Å². The van der Waals surface area contributed by atoms with Gasteiger partial charge in [-0.15, -0.1) is 0 Å². The highest BCUT2D eigenvalue weighted by Crippen LogP contribution is 2.37. The lowest BCUT2D eigenvalue weighted by atomic mass is 10.0. The Morgan fingerprint density at radius 3 is 1.64 bits per heavy atom. The van der Waals surface area contributed by atoms with E-state index in [9.17, 15) is 4.79 Å². The summed E-state index contributed by atoms with van der Waals surface area (Å²) in [6.45, 7) is 3.20. The molecular formula is C9H7Cl3O2. The Balaban J connectivity index is 3.68. The highest BCUT2D eigenvalue weighted by atomic mass is 35.5. The van der Waals surface area contributed by atoms with Gasteiger partial charge in [0.05, 0.1) is 20.6 Å². The van der Waals surface area contributed by atoms with E-state index in [2.05, 4.69) is 0 Å². The average molecular weight is 254 g/mol. The monoisotopic (exact) mass is 252 g/mol. The maximum atomic E-state index is 10.9. The minimum absolute atomic E-state index is 0.115. The molecule has 0 aromatic heterocycles. The van der Waals surface area contributed by atoms with Crippen molar-refractivity contribution in [2.75, 3.05) is 0 Å². The van der Waals surface area contributed by atoms with Gasteiger partial charge in [-0.2, -0.15) is 0 Å². The summed E-state index contributed by atoms with van der Waals surface area (Å²) < 4.78 is 0. The van der Waals surface area contributed by atoms with E-state index in [1.807, 2.05) is 0 Å². The molecule has 0 aliphatic rings. The Morgan fingerprint density at radius 1 is 1.00 bits per heavy atom. The van der Waals surface area contributed by atoms with Gasteiger partial charge < -0.3 is 5.11 Å². The number of hydrogen-bond donors (Lipinski definition) is 1. The fourth-order valence-electron chi connectivity index (χ4n) is 1.25. The minimum Gasteiger partial charge on any atom is -0.478 e. The maximum Gasteiger partial charge on any atom is 0.336 e. The van der Waals surface area contributed by atoms with Gasteiger partial charge >= 0.3 is 5.97 Å². The SMILES string of the molecule is Cc1c(Cl)c(Cl)c(Cl)c(C)c1C(=O)O. The van der Waals surface area contributed by atoms with Crippen LogP contribution >= 0.6 is 34.8 Å². The Labute approximate surface area is 96.4 Å². The van der Waals surface area contributed by atoms with Gasteiger partial charge in [-0.05, 0) is 25.0 Å². The van der Waals surface area contributed by atoms with Gasteiger partial charge in [0.1, 0.15) is 0 Å². The van der Waals surface area contributed by atoms with Crippen LogP contribution in [0.2, 0.25) is 15.1 Å². The molecule has 0 radical (unpaired) electrons. The fourth-order valence-corrected chi connectivity index (χ4v) is 1.96. The molecular weight excluding hydrogens is 246 g/mol. The van der Waals surface area contributed by atoms with Crippen molar-refractivity contribution in [2.24, 2.45) is 0 Å². The first-order valence-electron chi connectivity index (χ1n) is 3.74. The van der Waals surface area contributed by atoms with Crippen molar-refractivity contribution in [3.05, 3.63) is 31.8 Å². The molecule has 14 heavy (non-hydrogen) atoms. The second kappa shape index (κ2) is 3.97. The molecule has 0 fully saturated rings. The summed E-state index contributed by atoms with van der Waals surface area (Å²) in [5.41, 5.74) is 0.988. The zero-order valence-corrected chi connectivity index (χ0v) is 9.76. The van der Waals surface area contributed by atoms with E-state index in [-0.39, 0.29) is 20.6 Å². The molecule has 0 heterocycles. The number of aromatic carboxylic acids is 1. The molecule has 0 atom stereocenters. The van der Waals surface area contributed by atoms with Crippen molar-refractivity contribution in [3.63, 3.8) is 0 Å². The van der Waals surface area contributed by atoms with Gasteiger partial charge in [0.15, 0.2) is 0 Å². The van der Waals surface area contributed by atoms with E-state index in [4.69, 9.17) is 39.9 Å². The molecule has 0 saturated heterocycles. The molecule has 0 spiro atoms. The number of carboxylic acids is 1. The fraction of sp³-hybridized carbons (Fsp3) is 0.222. The van der Waals surface area contributed by atoms with Crippen molar-refractivity contribution in [1.82, 2.24) is 0 Å². The van der Waals surface area contributed by atoms with Crippen LogP contribution in [0.1, 0.15) is 21.5 Å². The molecule has 0 aliphatic heterocycles. The second-order valence-electron chi connectivity index (χ2n) is 2.87. The van der Waals surface area contributed by atoms with Gasteiger partial charge in [0.2, 0.25) is 0 Å². The van der Waals surface area contributed by atoms with Crippen LogP contribution < -0.4 is 0 Å². The first kappa shape index (κ1) is 11.6. The largest absolute Gasteiger partial charge is 0.478 e. The number of rotatable bonds is 1. The van der Waals surface area contributed by atoms with Crippen molar-refractivity contribution in [1.29, 1.82) is 0 Å². The minimum atomic E-state index is -1.06. The highest BCUT2D eigenvalue weighted by molar-refractivity contribution is 6.49. The third-order valence-corrected chi connectivity index (χ3v) is 3.52. The Hall–Kier alpha value is -0.440. The Morgan fingerprint density at radius 2 is 1.36 bits per heavy atom. The Kier molecular flexibility index (Phi) is 3.30. The molecule has 1 aromatic rings. The maximum absolute atomic E-state index is 10.9. The van der Waals surface area contributed by atoms with Crippen LogP contribution in [0.4, 0.5) is 0 Å². The van der Waals surface area contributed by atoms with Gasteiger partial charge in [-0.3, -0.25) is 0 Å². The third kappa shape index (κ3) is 1.70. The van der Waals surface area contributed by atoms with Crippen LogP contribution in [0.5, 0.6) is 0 Å². The number of carbonyl (C=O) groups is 1. The van der Waals surface area contributed by atoms with Crippen LogP contribution in [0.25, 0.3) is 0 Å². The summed E-state index contributed by atoms with van der Waals surface area (Å²) in [7, 11) is 0. The normalized spacial score (nSPS) is 10.4. The molecule has 0 amide bonds. The summed E-state index contributed by atoms with van der Waals surface area (Å²) in [6, 6.07) is 0. The van der Waals surface area contributed by atoms with E-state index in [0.29, 0.717) is 11.1 Å². The predicted octanol–water partition coefficient (Wildman–Crippen LogP) is 3.96. The molecule has 5 heteroatoms. The number of carboxylic acid groups (broad SMARTS) is 1. The quantitative estimate of drug-likeness (QED) is 0.769. The van der Waals surface area contributed by atoms with Crippen molar-refractivity contribution in [3.8, 4) is 0 Å².